The van der Waals surface area contributed by atoms with Gasteiger partial charge < -0.3 is 9.88 Å². The van der Waals surface area contributed by atoms with Crippen LogP contribution >= 0.6 is 0 Å². The number of hydrogen-bond donors (Lipinski definition) is 1. The Hall–Kier alpha value is -1.77. The molecule has 1 aromatic heterocycles. The van der Waals surface area contributed by atoms with Crippen LogP contribution in [0.5, 0.6) is 0 Å². The van der Waals surface area contributed by atoms with Gasteiger partial charge in [0.1, 0.15) is 0 Å². The maximum Gasteiger partial charge on any atom is 0.0952 e. The van der Waals surface area contributed by atoms with Crippen LogP contribution in [0.25, 0.3) is 11.3 Å². The molecule has 2 heterocycles. The summed E-state index contributed by atoms with van der Waals surface area (Å²) in [6.07, 6.45) is 1.90. The Morgan fingerprint density at radius 3 is 2.82 bits per heavy atom. The molecule has 0 amide bonds. The lowest BCUT2D eigenvalue weighted by Gasteiger charge is -2.34. The second-order valence-electron chi connectivity index (χ2n) is 5.30. The van der Waals surface area contributed by atoms with E-state index in [2.05, 4.69) is 60.9 Å². The first-order valence-electron chi connectivity index (χ1n) is 5.90. The molecule has 0 spiro atoms. The van der Waals surface area contributed by atoms with Gasteiger partial charge in [-0.2, -0.15) is 0 Å². The van der Waals surface area contributed by atoms with Gasteiger partial charge in [-0.1, -0.05) is 12.1 Å². The number of anilines is 1. The molecule has 0 radical (unpaired) electrons. The highest BCUT2D eigenvalue weighted by atomic mass is 15.1. The molecule has 0 aliphatic carbocycles. The zero-order chi connectivity index (χ0) is 12.2. The van der Waals surface area contributed by atoms with Crippen LogP contribution in [-0.4, -0.2) is 9.55 Å². The van der Waals surface area contributed by atoms with E-state index >= 15 is 0 Å². The van der Waals surface area contributed by atoms with Crippen molar-refractivity contribution in [1.82, 2.24) is 9.55 Å². The van der Waals surface area contributed by atoms with E-state index in [4.69, 9.17) is 0 Å². The van der Waals surface area contributed by atoms with Crippen molar-refractivity contribution in [1.29, 1.82) is 0 Å². The zero-order valence-electron chi connectivity index (χ0n) is 10.7. The van der Waals surface area contributed by atoms with E-state index in [0.29, 0.717) is 0 Å². The first kappa shape index (κ1) is 10.4. The van der Waals surface area contributed by atoms with Gasteiger partial charge in [-0.3, -0.25) is 0 Å². The van der Waals surface area contributed by atoms with E-state index < -0.39 is 0 Å². The quantitative estimate of drug-likeness (QED) is 0.749. The third kappa shape index (κ3) is 1.32. The van der Waals surface area contributed by atoms with E-state index in [9.17, 15) is 0 Å². The number of fused-ring (bicyclic) bond motifs is 3. The minimum Gasteiger partial charge on any atom is -0.374 e. The first-order valence-corrected chi connectivity index (χ1v) is 5.90. The molecular formula is C14H17N3. The SMILES string of the molecule is Cc1cccc2c1-c1c(ncn1C)C(C)(C)N2. The Bertz CT molecular complexity index is 594. The average Bonchev–Trinajstić information content (AvgIpc) is 2.61. The number of imidazole rings is 1. The summed E-state index contributed by atoms with van der Waals surface area (Å²) in [5.74, 6) is 0. The lowest BCUT2D eigenvalue weighted by molar-refractivity contribution is 0.586. The van der Waals surface area contributed by atoms with Gasteiger partial charge in [0, 0.05) is 18.3 Å². The molecule has 3 heteroatoms. The minimum atomic E-state index is -0.114. The molecule has 1 aliphatic heterocycles. The number of nitrogens with one attached hydrogen (secondary N) is 1. The van der Waals surface area contributed by atoms with Crippen molar-refractivity contribution < 1.29 is 0 Å². The van der Waals surface area contributed by atoms with Crippen molar-refractivity contribution in [2.75, 3.05) is 5.32 Å². The van der Waals surface area contributed by atoms with Crippen molar-refractivity contribution in [2.45, 2.75) is 26.3 Å². The fourth-order valence-electron chi connectivity index (χ4n) is 2.66. The van der Waals surface area contributed by atoms with Gasteiger partial charge in [0.15, 0.2) is 0 Å². The monoisotopic (exact) mass is 227 g/mol. The maximum atomic E-state index is 4.55. The lowest BCUT2D eigenvalue weighted by atomic mass is 9.88. The van der Waals surface area contributed by atoms with Crippen molar-refractivity contribution in [2.24, 2.45) is 7.05 Å². The molecule has 0 saturated carbocycles. The van der Waals surface area contributed by atoms with Crippen molar-refractivity contribution in [3.05, 3.63) is 35.8 Å². The molecule has 3 nitrogen and oxygen atoms in total. The fourth-order valence-corrected chi connectivity index (χ4v) is 2.66. The van der Waals surface area contributed by atoms with E-state index in [1.807, 2.05) is 6.33 Å². The van der Waals surface area contributed by atoms with Crippen LogP contribution in [0.3, 0.4) is 0 Å². The van der Waals surface area contributed by atoms with Crippen LogP contribution in [-0.2, 0) is 12.6 Å². The molecule has 0 saturated heterocycles. The smallest absolute Gasteiger partial charge is 0.0952 e. The maximum absolute atomic E-state index is 4.55. The third-order valence-electron chi connectivity index (χ3n) is 3.49. The Balaban J connectivity index is 2.39. The molecule has 1 aliphatic rings. The molecule has 17 heavy (non-hydrogen) atoms. The van der Waals surface area contributed by atoms with E-state index in [1.165, 1.54) is 22.5 Å². The standard InChI is InChI=1S/C14H17N3/c1-9-6-5-7-10-11(9)12-13(14(2,3)16-10)15-8-17(12)4/h5-8,16H,1-4H3. The topological polar surface area (TPSA) is 29.9 Å². The second kappa shape index (κ2) is 3.13. The van der Waals surface area contributed by atoms with E-state index in [1.54, 1.807) is 0 Å². The molecule has 0 atom stereocenters. The van der Waals surface area contributed by atoms with Crippen LogP contribution in [0.4, 0.5) is 5.69 Å². The van der Waals surface area contributed by atoms with Crippen molar-refractivity contribution in [3.8, 4) is 11.3 Å². The Morgan fingerprint density at radius 1 is 1.29 bits per heavy atom. The summed E-state index contributed by atoms with van der Waals surface area (Å²) in [6.45, 7) is 6.49. The first-order chi connectivity index (χ1) is 8.00. The Kier molecular flexibility index (Phi) is 1.91. The zero-order valence-corrected chi connectivity index (χ0v) is 10.7. The molecule has 1 aromatic carbocycles. The molecule has 0 unspecified atom stereocenters. The van der Waals surface area contributed by atoms with Crippen LogP contribution in [0.1, 0.15) is 25.1 Å². The fraction of sp³-hybridized carbons (Fsp3) is 0.357. The minimum absolute atomic E-state index is 0.114. The predicted octanol–water partition coefficient (Wildman–Crippen LogP) is 3.06. The summed E-state index contributed by atoms with van der Waals surface area (Å²) in [4.78, 5) is 4.55. The normalized spacial score (nSPS) is 16.0. The number of nitrogens with zero attached hydrogens (tertiary/aromatic N) is 2. The van der Waals surface area contributed by atoms with E-state index in [-0.39, 0.29) is 5.54 Å². The van der Waals surface area contributed by atoms with Crippen LogP contribution in [0, 0.1) is 6.92 Å². The Morgan fingerprint density at radius 2 is 2.06 bits per heavy atom. The summed E-state index contributed by atoms with van der Waals surface area (Å²) in [5.41, 5.74) is 6.02. The summed E-state index contributed by atoms with van der Waals surface area (Å²) in [5, 5.41) is 3.57. The molecule has 1 N–H and O–H groups in total. The molecule has 2 aromatic rings. The number of benzene rings is 1. The molecule has 88 valence electrons. The summed E-state index contributed by atoms with van der Waals surface area (Å²) < 4.78 is 2.11. The van der Waals surface area contributed by atoms with Gasteiger partial charge in [-0.15, -0.1) is 0 Å². The van der Waals surface area contributed by atoms with Crippen LogP contribution in [0.2, 0.25) is 0 Å². The molecule has 0 fully saturated rings. The summed E-state index contributed by atoms with van der Waals surface area (Å²) >= 11 is 0. The molecule has 3 rings (SSSR count). The number of aryl methyl sites for hydroxylation is 2. The lowest BCUT2D eigenvalue weighted by Crippen LogP contribution is -2.32. The predicted molar refractivity (Wildman–Crippen MR) is 70.0 cm³/mol. The van der Waals surface area contributed by atoms with Gasteiger partial charge in [0.05, 0.1) is 23.3 Å². The highest BCUT2D eigenvalue weighted by molar-refractivity contribution is 5.84. The van der Waals surface area contributed by atoms with Gasteiger partial charge in [0.25, 0.3) is 0 Å². The second-order valence-corrected chi connectivity index (χ2v) is 5.30. The van der Waals surface area contributed by atoms with Gasteiger partial charge in [0.2, 0.25) is 0 Å². The Labute approximate surface area is 101 Å². The average molecular weight is 227 g/mol. The number of rotatable bonds is 0. The van der Waals surface area contributed by atoms with Crippen LogP contribution < -0.4 is 5.32 Å². The van der Waals surface area contributed by atoms with Gasteiger partial charge >= 0.3 is 0 Å². The summed E-state index contributed by atoms with van der Waals surface area (Å²) in [7, 11) is 2.06. The van der Waals surface area contributed by atoms with E-state index in [0.717, 1.165) is 5.69 Å². The third-order valence-corrected chi connectivity index (χ3v) is 3.49. The van der Waals surface area contributed by atoms with Gasteiger partial charge in [-0.25, -0.2) is 4.98 Å². The number of aromatic nitrogens is 2. The molecular weight excluding hydrogens is 210 g/mol. The largest absolute Gasteiger partial charge is 0.374 e. The van der Waals surface area contributed by atoms with Gasteiger partial charge in [-0.05, 0) is 32.4 Å². The highest BCUT2D eigenvalue weighted by Gasteiger charge is 2.34. The number of hydrogen-bond acceptors (Lipinski definition) is 2. The van der Waals surface area contributed by atoms with Crippen LogP contribution in [0.15, 0.2) is 24.5 Å². The van der Waals surface area contributed by atoms with Crippen molar-refractivity contribution >= 4 is 5.69 Å². The molecule has 0 bridgehead atoms. The van der Waals surface area contributed by atoms with Crippen molar-refractivity contribution in [3.63, 3.8) is 0 Å². The highest BCUT2D eigenvalue weighted by Crippen LogP contribution is 2.43. The summed E-state index contributed by atoms with van der Waals surface area (Å²) in [6, 6.07) is 6.38.